The number of carboxylic acids is 1. The maximum absolute atomic E-state index is 12.3. The maximum atomic E-state index is 12.3. The monoisotopic (exact) mass is 377 g/mol. The first kappa shape index (κ1) is 17.0. The molecule has 0 bridgehead atoms. The van der Waals surface area contributed by atoms with Crippen LogP contribution in [0.5, 0.6) is 5.75 Å². The molecule has 120 valence electrons. The van der Waals surface area contributed by atoms with Gasteiger partial charge in [-0.05, 0) is 42.8 Å². The van der Waals surface area contributed by atoms with Crippen molar-refractivity contribution in [2.24, 2.45) is 0 Å². The third-order valence-electron chi connectivity index (χ3n) is 3.03. The molecule has 0 saturated heterocycles. The van der Waals surface area contributed by atoms with Crippen molar-refractivity contribution in [2.75, 3.05) is 11.9 Å². The number of hydrogen-bond acceptors (Lipinski definition) is 3. The minimum atomic E-state index is -1.11. The van der Waals surface area contributed by atoms with E-state index in [0.717, 1.165) is 6.42 Å². The molecule has 0 heterocycles. The van der Waals surface area contributed by atoms with Crippen LogP contribution in [0.2, 0.25) is 0 Å². The van der Waals surface area contributed by atoms with E-state index in [1.807, 2.05) is 6.92 Å². The first-order valence-electron chi connectivity index (χ1n) is 7.08. The molecule has 0 unspecified atom stereocenters. The molecule has 0 aliphatic heterocycles. The highest BCUT2D eigenvalue weighted by molar-refractivity contribution is 9.10. The molecule has 0 aliphatic rings. The number of nitrogens with one attached hydrogen (secondary N) is 1. The average Bonchev–Trinajstić information content (AvgIpc) is 2.54. The van der Waals surface area contributed by atoms with Crippen molar-refractivity contribution in [3.05, 3.63) is 58.1 Å². The van der Waals surface area contributed by atoms with E-state index >= 15 is 0 Å². The van der Waals surface area contributed by atoms with Gasteiger partial charge in [0.1, 0.15) is 5.75 Å². The molecule has 0 radical (unpaired) electrons. The van der Waals surface area contributed by atoms with Crippen molar-refractivity contribution in [1.82, 2.24) is 0 Å². The number of carbonyl (C=O) groups is 2. The van der Waals surface area contributed by atoms with Gasteiger partial charge in [0.25, 0.3) is 5.91 Å². The van der Waals surface area contributed by atoms with Crippen LogP contribution in [0.4, 0.5) is 5.69 Å². The number of carbonyl (C=O) groups excluding carboxylic acids is 1. The molecule has 1 amide bonds. The highest BCUT2D eigenvalue weighted by Gasteiger charge is 2.14. The van der Waals surface area contributed by atoms with E-state index in [0.29, 0.717) is 22.4 Å². The molecule has 2 aromatic rings. The van der Waals surface area contributed by atoms with Gasteiger partial charge in [0.05, 0.1) is 17.9 Å². The van der Waals surface area contributed by atoms with Crippen LogP contribution >= 0.6 is 15.9 Å². The fourth-order valence-corrected chi connectivity index (χ4v) is 2.31. The normalized spacial score (nSPS) is 10.2. The Kier molecular flexibility index (Phi) is 5.76. The summed E-state index contributed by atoms with van der Waals surface area (Å²) in [5.74, 6) is -0.896. The van der Waals surface area contributed by atoms with Crippen LogP contribution in [0.3, 0.4) is 0 Å². The van der Waals surface area contributed by atoms with Gasteiger partial charge in [-0.1, -0.05) is 28.9 Å². The summed E-state index contributed by atoms with van der Waals surface area (Å²) < 4.78 is 6.12. The van der Waals surface area contributed by atoms with Crippen LogP contribution < -0.4 is 10.1 Å². The van der Waals surface area contributed by atoms with Gasteiger partial charge in [-0.2, -0.15) is 0 Å². The van der Waals surface area contributed by atoms with E-state index in [4.69, 9.17) is 4.74 Å². The summed E-state index contributed by atoms with van der Waals surface area (Å²) in [6, 6.07) is 11.4. The Labute approximate surface area is 142 Å². The lowest BCUT2D eigenvalue weighted by molar-refractivity contribution is 0.0698. The Morgan fingerprint density at radius 2 is 2.00 bits per heavy atom. The highest BCUT2D eigenvalue weighted by Crippen LogP contribution is 2.22. The standard InChI is InChI=1S/C17H16BrNO4/c1-2-8-23-13-5-3-4-11(9-13)16(20)19-15-7-6-12(18)10-14(15)17(21)22/h3-7,9-10H,2,8H2,1H3,(H,19,20)(H,21,22). The summed E-state index contributed by atoms with van der Waals surface area (Å²) in [7, 11) is 0. The zero-order valence-electron chi connectivity index (χ0n) is 12.5. The Bertz CT molecular complexity index is 730. The summed E-state index contributed by atoms with van der Waals surface area (Å²) in [5, 5.41) is 11.8. The van der Waals surface area contributed by atoms with E-state index in [1.54, 1.807) is 36.4 Å². The Morgan fingerprint density at radius 3 is 2.70 bits per heavy atom. The lowest BCUT2D eigenvalue weighted by Gasteiger charge is -2.10. The zero-order valence-corrected chi connectivity index (χ0v) is 14.1. The van der Waals surface area contributed by atoms with Crippen molar-refractivity contribution < 1.29 is 19.4 Å². The van der Waals surface area contributed by atoms with Gasteiger partial charge in [-0.3, -0.25) is 4.79 Å². The van der Waals surface area contributed by atoms with Crippen molar-refractivity contribution in [1.29, 1.82) is 0 Å². The minimum absolute atomic E-state index is 0.0195. The van der Waals surface area contributed by atoms with Crippen LogP contribution in [0, 0.1) is 0 Å². The predicted octanol–water partition coefficient (Wildman–Crippen LogP) is 4.19. The van der Waals surface area contributed by atoms with Gasteiger partial charge in [0.2, 0.25) is 0 Å². The first-order chi connectivity index (χ1) is 11.0. The quantitative estimate of drug-likeness (QED) is 0.791. The minimum Gasteiger partial charge on any atom is -0.494 e. The Morgan fingerprint density at radius 1 is 1.22 bits per heavy atom. The topological polar surface area (TPSA) is 75.6 Å². The number of benzene rings is 2. The Hall–Kier alpha value is -2.34. The predicted molar refractivity (Wildman–Crippen MR) is 91.3 cm³/mol. The molecule has 2 N–H and O–H groups in total. The van der Waals surface area contributed by atoms with E-state index < -0.39 is 11.9 Å². The summed E-state index contributed by atoms with van der Waals surface area (Å²) in [6.45, 7) is 2.57. The van der Waals surface area contributed by atoms with Gasteiger partial charge < -0.3 is 15.2 Å². The van der Waals surface area contributed by atoms with E-state index in [2.05, 4.69) is 21.2 Å². The van der Waals surface area contributed by atoms with Crippen LogP contribution in [0.25, 0.3) is 0 Å². The number of hydrogen-bond donors (Lipinski definition) is 2. The zero-order chi connectivity index (χ0) is 16.8. The van der Waals surface area contributed by atoms with Crippen molar-refractivity contribution in [2.45, 2.75) is 13.3 Å². The van der Waals surface area contributed by atoms with Crippen molar-refractivity contribution >= 4 is 33.5 Å². The number of halogens is 1. The second-order valence-electron chi connectivity index (χ2n) is 4.83. The Balaban J connectivity index is 2.21. The molecule has 0 aliphatic carbocycles. The number of aromatic carboxylic acids is 1. The molecular weight excluding hydrogens is 362 g/mol. The maximum Gasteiger partial charge on any atom is 0.337 e. The molecule has 2 rings (SSSR count). The van der Waals surface area contributed by atoms with Gasteiger partial charge in [-0.25, -0.2) is 4.79 Å². The fourth-order valence-electron chi connectivity index (χ4n) is 1.94. The molecule has 23 heavy (non-hydrogen) atoms. The SMILES string of the molecule is CCCOc1cccc(C(=O)Nc2ccc(Br)cc2C(=O)O)c1. The van der Waals surface area contributed by atoms with Gasteiger partial charge in [0, 0.05) is 10.0 Å². The van der Waals surface area contributed by atoms with Gasteiger partial charge in [0.15, 0.2) is 0 Å². The lowest BCUT2D eigenvalue weighted by Crippen LogP contribution is -2.15. The van der Waals surface area contributed by atoms with E-state index in [-0.39, 0.29) is 11.3 Å². The summed E-state index contributed by atoms with van der Waals surface area (Å²) in [5.41, 5.74) is 0.662. The molecule has 5 nitrogen and oxygen atoms in total. The summed E-state index contributed by atoms with van der Waals surface area (Å²) >= 11 is 3.22. The second-order valence-corrected chi connectivity index (χ2v) is 5.74. The fraction of sp³-hybridized carbons (Fsp3) is 0.176. The smallest absolute Gasteiger partial charge is 0.337 e. The van der Waals surface area contributed by atoms with Crippen molar-refractivity contribution in [3.8, 4) is 5.75 Å². The number of rotatable bonds is 6. The van der Waals surface area contributed by atoms with Crippen LogP contribution in [0.1, 0.15) is 34.1 Å². The first-order valence-corrected chi connectivity index (χ1v) is 7.87. The van der Waals surface area contributed by atoms with Crippen LogP contribution in [-0.2, 0) is 0 Å². The molecule has 0 fully saturated rings. The average molecular weight is 378 g/mol. The molecular formula is C17H16BrNO4. The molecule has 0 spiro atoms. The summed E-state index contributed by atoms with van der Waals surface area (Å²) in [4.78, 5) is 23.6. The second kappa shape index (κ2) is 7.78. The molecule has 6 heteroatoms. The lowest BCUT2D eigenvalue weighted by atomic mass is 10.1. The molecule has 2 aromatic carbocycles. The van der Waals surface area contributed by atoms with E-state index in [9.17, 15) is 14.7 Å². The highest BCUT2D eigenvalue weighted by atomic mass is 79.9. The number of amides is 1. The molecule has 0 aromatic heterocycles. The molecule has 0 atom stereocenters. The third-order valence-corrected chi connectivity index (χ3v) is 3.52. The largest absolute Gasteiger partial charge is 0.494 e. The van der Waals surface area contributed by atoms with Crippen molar-refractivity contribution in [3.63, 3.8) is 0 Å². The molecule has 0 saturated carbocycles. The van der Waals surface area contributed by atoms with Crippen LogP contribution in [-0.4, -0.2) is 23.6 Å². The number of ether oxygens (including phenoxy) is 1. The third kappa shape index (κ3) is 4.56. The van der Waals surface area contributed by atoms with Gasteiger partial charge >= 0.3 is 5.97 Å². The number of carboxylic acid groups (broad SMARTS) is 1. The van der Waals surface area contributed by atoms with Crippen LogP contribution in [0.15, 0.2) is 46.9 Å². The summed E-state index contributed by atoms with van der Waals surface area (Å²) in [6.07, 6.45) is 0.872. The number of anilines is 1. The van der Waals surface area contributed by atoms with E-state index in [1.165, 1.54) is 6.07 Å². The van der Waals surface area contributed by atoms with Gasteiger partial charge in [-0.15, -0.1) is 0 Å².